The molecule has 0 saturated carbocycles. The summed E-state index contributed by atoms with van der Waals surface area (Å²) in [6.45, 7) is 6.78. The van der Waals surface area contributed by atoms with E-state index < -0.39 is 17.8 Å². The van der Waals surface area contributed by atoms with Gasteiger partial charge in [0, 0.05) is 13.3 Å². The zero-order valence-corrected chi connectivity index (χ0v) is 12.8. The van der Waals surface area contributed by atoms with Crippen LogP contribution in [0.5, 0.6) is 0 Å². The monoisotopic (exact) mass is 291 g/mol. The van der Waals surface area contributed by atoms with Gasteiger partial charge in [0.15, 0.2) is 0 Å². The van der Waals surface area contributed by atoms with E-state index >= 15 is 0 Å². The van der Waals surface area contributed by atoms with Gasteiger partial charge in [-0.25, -0.2) is 4.79 Å². The van der Waals surface area contributed by atoms with Crippen LogP contribution in [-0.4, -0.2) is 23.8 Å². The standard InChI is InChI=1S/C16H21NO4/c1-10(18)20-13-9-11-7-5-6-8-12(11)14(13)17-15(19)21-16(2,3)4/h5-8,13-14H,9H2,1-4H3,(H,17,19). The van der Waals surface area contributed by atoms with E-state index in [1.54, 1.807) is 20.8 Å². The molecule has 0 aliphatic heterocycles. The molecule has 0 radical (unpaired) electrons. The van der Waals surface area contributed by atoms with Crippen molar-refractivity contribution in [3.05, 3.63) is 35.4 Å². The Balaban J connectivity index is 2.16. The molecule has 1 aliphatic carbocycles. The number of esters is 1. The van der Waals surface area contributed by atoms with Gasteiger partial charge < -0.3 is 14.8 Å². The minimum absolute atomic E-state index is 0.358. The van der Waals surface area contributed by atoms with Crippen LogP contribution < -0.4 is 5.32 Å². The average Bonchev–Trinajstić information content (AvgIpc) is 2.64. The Kier molecular flexibility index (Phi) is 4.21. The lowest BCUT2D eigenvalue weighted by Crippen LogP contribution is -2.39. The predicted molar refractivity (Wildman–Crippen MR) is 77.8 cm³/mol. The van der Waals surface area contributed by atoms with Gasteiger partial charge >= 0.3 is 12.1 Å². The predicted octanol–water partition coefficient (Wildman–Crippen LogP) is 2.74. The minimum Gasteiger partial charge on any atom is -0.460 e. The molecular weight excluding hydrogens is 270 g/mol. The highest BCUT2D eigenvalue weighted by molar-refractivity contribution is 5.70. The van der Waals surface area contributed by atoms with E-state index in [2.05, 4.69) is 5.32 Å². The van der Waals surface area contributed by atoms with Gasteiger partial charge in [-0.2, -0.15) is 0 Å². The number of carbonyl (C=O) groups excluding carboxylic acids is 2. The summed E-state index contributed by atoms with van der Waals surface area (Å²) >= 11 is 0. The Morgan fingerprint density at radius 3 is 2.52 bits per heavy atom. The molecule has 0 bridgehead atoms. The molecular formula is C16H21NO4. The van der Waals surface area contributed by atoms with Gasteiger partial charge in [0.05, 0.1) is 6.04 Å². The van der Waals surface area contributed by atoms with Crippen molar-refractivity contribution in [1.82, 2.24) is 5.32 Å². The van der Waals surface area contributed by atoms with Crippen LogP contribution >= 0.6 is 0 Å². The zero-order chi connectivity index (χ0) is 15.6. The molecule has 21 heavy (non-hydrogen) atoms. The molecule has 2 rings (SSSR count). The summed E-state index contributed by atoms with van der Waals surface area (Å²) in [5.74, 6) is -0.358. The molecule has 0 heterocycles. The second kappa shape index (κ2) is 5.76. The Morgan fingerprint density at radius 2 is 1.90 bits per heavy atom. The smallest absolute Gasteiger partial charge is 0.408 e. The molecule has 1 aliphatic rings. The zero-order valence-electron chi connectivity index (χ0n) is 12.8. The maximum absolute atomic E-state index is 12.0. The summed E-state index contributed by atoms with van der Waals surface area (Å²) in [6, 6.07) is 7.36. The number of hydrogen-bond donors (Lipinski definition) is 1. The quantitative estimate of drug-likeness (QED) is 0.851. The van der Waals surface area contributed by atoms with Crippen molar-refractivity contribution >= 4 is 12.1 Å². The maximum atomic E-state index is 12.0. The number of hydrogen-bond acceptors (Lipinski definition) is 4. The summed E-state index contributed by atoms with van der Waals surface area (Å²) in [5.41, 5.74) is 1.47. The summed E-state index contributed by atoms with van der Waals surface area (Å²) in [4.78, 5) is 23.2. The summed E-state index contributed by atoms with van der Waals surface area (Å²) in [6.07, 6.45) is -0.315. The largest absolute Gasteiger partial charge is 0.460 e. The van der Waals surface area contributed by atoms with Crippen molar-refractivity contribution in [3.63, 3.8) is 0 Å². The number of rotatable bonds is 2. The number of alkyl carbamates (subject to hydrolysis) is 1. The van der Waals surface area contributed by atoms with Crippen LogP contribution in [0.25, 0.3) is 0 Å². The first kappa shape index (κ1) is 15.4. The van der Waals surface area contributed by atoms with E-state index in [0.29, 0.717) is 6.42 Å². The highest BCUT2D eigenvalue weighted by Crippen LogP contribution is 2.33. The molecule has 114 valence electrons. The molecule has 0 spiro atoms. The van der Waals surface area contributed by atoms with Gasteiger partial charge in [-0.15, -0.1) is 0 Å². The molecule has 0 saturated heterocycles. The van der Waals surface area contributed by atoms with Crippen molar-refractivity contribution in [1.29, 1.82) is 0 Å². The van der Waals surface area contributed by atoms with Gasteiger partial charge in [-0.3, -0.25) is 4.79 Å². The van der Waals surface area contributed by atoms with Crippen LogP contribution in [0.3, 0.4) is 0 Å². The fourth-order valence-electron chi connectivity index (χ4n) is 2.49. The van der Waals surface area contributed by atoms with Gasteiger partial charge in [0.25, 0.3) is 0 Å². The first-order valence-electron chi connectivity index (χ1n) is 7.01. The molecule has 0 fully saturated rings. The van der Waals surface area contributed by atoms with Crippen molar-refractivity contribution in [3.8, 4) is 0 Å². The van der Waals surface area contributed by atoms with Crippen LogP contribution in [0.2, 0.25) is 0 Å². The third kappa shape index (κ3) is 3.97. The van der Waals surface area contributed by atoms with Gasteiger partial charge in [0.1, 0.15) is 11.7 Å². The number of amides is 1. The number of fused-ring (bicyclic) bond motifs is 1. The topological polar surface area (TPSA) is 64.6 Å². The lowest BCUT2D eigenvalue weighted by molar-refractivity contribution is -0.147. The lowest BCUT2D eigenvalue weighted by Gasteiger charge is -2.25. The first-order chi connectivity index (χ1) is 9.76. The number of nitrogens with one attached hydrogen (secondary N) is 1. The van der Waals surface area contributed by atoms with Crippen LogP contribution in [-0.2, 0) is 20.7 Å². The molecule has 0 aromatic heterocycles. The third-order valence-electron chi connectivity index (χ3n) is 3.17. The Hall–Kier alpha value is -2.04. The van der Waals surface area contributed by atoms with Gasteiger partial charge in [-0.05, 0) is 31.9 Å². The van der Waals surface area contributed by atoms with E-state index in [4.69, 9.17) is 9.47 Å². The van der Waals surface area contributed by atoms with E-state index in [-0.39, 0.29) is 12.0 Å². The Morgan fingerprint density at radius 1 is 1.24 bits per heavy atom. The molecule has 5 heteroatoms. The molecule has 2 unspecified atom stereocenters. The van der Waals surface area contributed by atoms with E-state index in [1.807, 2.05) is 24.3 Å². The van der Waals surface area contributed by atoms with Crippen molar-refractivity contribution < 1.29 is 19.1 Å². The summed E-state index contributed by atoms with van der Waals surface area (Å²) in [5, 5.41) is 2.81. The third-order valence-corrected chi connectivity index (χ3v) is 3.17. The molecule has 5 nitrogen and oxygen atoms in total. The highest BCUT2D eigenvalue weighted by atomic mass is 16.6. The second-order valence-corrected chi connectivity index (χ2v) is 6.17. The van der Waals surface area contributed by atoms with Crippen LogP contribution in [0.4, 0.5) is 4.79 Å². The number of benzene rings is 1. The summed E-state index contributed by atoms with van der Waals surface area (Å²) in [7, 11) is 0. The normalized spacial score (nSPS) is 20.6. The van der Waals surface area contributed by atoms with Crippen LogP contribution in [0.1, 0.15) is 44.9 Å². The van der Waals surface area contributed by atoms with Crippen molar-refractivity contribution in [2.45, 2.75) is 51.9 Å². The number of ether oxygens (including phenoxy) is 2. The van der Waals surface area contributed by atoms with Gasteiger partial charge in [-0.1, -0.05) is 24.3 Å². The van der Waals surface area contributed by atoms with E-state index in [9.17, 15) is 9.59 Å². The van der Waals surface area contributed by atoms with Crippen molar-refractivity contribution in [2.24, 2.45) is 0 Å². The summed E-state index contributed by atoms with van der Waals surface area (Å²) < 4.78 is 10.6. The van der Waals surface area contributed by atoms with E-state index in [1.165, 1.54) is 6.92 Å². The molecule has 1 N–H and O–H groups in total. The Labute approximate surface area is 124 Å². The first-order valence-corrected chi connectivity index (χ1v) is 7.01. The fourth-order valence-corrected chi connectivity index (χ4v) is 2.49. The molecule has 1 aromatic rings. The van der Waals surface area contributed by atoms with Crippen LogP contribution in [0, 0.1) is 0 Å². The molecule has 1 aromatic carbocycles. The minimum atomic E-state index is -0.570. The fraction of sp³-hybridized carbons (Fsp3) is 0.500. The number of carbonyl (C=O) groups is 2. The van der Waals surface area contributed by atoms with Crippen LogP contribution in [0.15, 0.2) is 24.3 Å². The highest BCUT2D eigenvalue weighted by Gasteiger charge is 2.36. The van der Waals surface area contributed by atoms with E-state index in [0.717, 1.165) is 11.1 Å². The Bertz CT molecular complexity index is 547. The second-order valence-electron chi connectivity index (χ2n) is 6.17. The average molecular weight is 291 g/mol. The molecule has 2 atom stereocenters. The molecule has 1 amide bonds. The SMILES string of the molecule is CC(=O)OC1Cc2ccccc2C1NC(=O)OC(C)(C)C. The van der Waals surface area contributed by atoms with Gasteiger partial charge in [0.2, 0.25) is 0 Å². The maximum Gasteiger partial charge on any atom is 0.408 e. The van der Waals surface area contributed by atoms with Crippen molar-refractivity contribution in [2.75, 3.05) is 0 Å². The lowest BCUT2D eigenvalue weighted by atomic mass is 10.1.